The zero-order valence-electron chi connectivity index (χ0n) is 21.4. The number of thiazole rings is 1. The summed E-state index contributed by atoms with van der Waals surface area (Å²) < 4.78 is 27.5. The maximum Gasteiger partial charge on any atom is 0.260 e. The molecule has 0 unspecified atom stereocenters. The third-order valence-electron chi connectivity index (χ3n) is 6.72. The summed E-state index contributed by atoms with van der Waals surface area (Å²) >= 11 is 1.08. The summed E-state index contributed by atoms with van der Waals surface area (Å²) in [4.78, 5) is 52.5. The molecule has 1 fully saturated rings. The Kier molecular flexibility index (Phi) is 8.20. The van der Waals surface area contributed by atoms with Crippen molar-refractivity contribution in [3.63, 3.8) is 0 Å². The summed E-state index contributed by atoms with van der Waals surface area (Å²) in [5.41, 5.74) is 6.19. The normalized spacial score (nSPS) is 17.2. The maximum atomic E-state index is 14.2. The first kappa shape index (κ1) is 27.4. The second-order valence-electron chi connectivity index (χ2n) is 9.54. The van der Waals surface area contributed by atoms with Crippen LogP contribution in [0.1, 0.15) is 77.7 Å². The number of aryl methyl sites for hydroxylation is 1. The number of hydrogen-bond donors (Lipinski definition) is 3. The van der Waals surface area contributed by atoms with Gasteiger partial charge in [0.05, 0.1) is 34.6 Å². The number of aromatic nitrogens is 3. The lowest BCUT2D eigenvalue weighted by Crippen LogP contribution is -2.44. The molecule has 0 spiro atoms. The van der Waals surface area contributed by atoms with Crippen LogP contribution in [0.2, 0.25) is 0 Å². The average molecular weight is 545 g/mol. The Morgan fingerprint density at radius 1 is 1.29 bits per heavy atom. The van der Waals surface area contributed by atoms with Crippen molar-refractivity contribution in [2.24, 2.45) is 5.73 Å². The number of likely N-dealkylation sites (tertiary alicyclic amines) is 1. The molecule has 0 radical (unpaired) electrons. The number of H-pyrrole nitrogens is 1. The molecule has 1 aliphatic heterocycles. The van der Waals surface area contributed by atoms with Crippen molar-refractivity contribution in [3.8, 4) is 11.3 Å². The molecule has 9 nitrogen and oxygen atoms in total. The van der Waals surface area contributed by atoms with Gasteiger partial charge in [0.1, 0.15) is 22.3 Å². The molecule has 3 amide bonds. The minimum absolute atomic E-state index is 0.0556. The van der Waals surface area contributed by atoms with Crippen LogP contribution in [-0.2, 0) is 9.59 Å². The second-order valence-corrected chi connectivity index (χ2v) is 10.7. The Balaban J connectivity index is 1.58. The summed E-state index contributed by atoms with van der Waals surface area (Å²) in [5.74, 6) is -3.59. The number of nitrogens with one attached hydrogen (secondary N) is 2. The van der Waals surface area contributed by atoms with E-state index in [0.29, 0.717) is 23.1 Å². The van der Waals surface area contributed by atoms with E-state index in [1.807, 2.05) is 6.92 Å². The number of primary amides is 1. The molecule has 3 atom stereocenters. The summed E-state index contributed by atoms with van der Waals surface area (Å²) in [5, 5.41) is 3.38. The molecule has 3 aromatic rings. The van der Waals surface area contributed by atoms with Crippen molar-refractivity contribution in [1.82, 2.24) is 25.2 Å². The first-order valence-electron chi connectivity index (χ1n) is 12.4. The van der Waals surface area contributed by atoms with Gasteiger partial charge in [-0.25, -0.2) is 18.7 Å². The van der Waals surface area contributed by atoms with E-state index in [-0.39, 0.29) is 34.5 Å². The second kappa shape index (κ2) is 11.4. The number of nitrogens with zero attached hydrogens (tertiary/aromatic N) is 3. The Labute approximate surface area is 222 Å². The first-order chi connectivity index (χ1) is 18.0. The molecule has 4 N–H and O–H groups in total. The van der Waals surface area contributed by atoms with Crippen LogP contribution in [0.3, 0.4) is 0 Å². The molecule has 12 heteroatoms. The van der Waals surface area contributed by atoms with E-state index < -0.39 is 35.4 Å². The monoisotopic (exact) mass is 544 g/mol. The van der Waals surface area contributed by atoms with Crippen molar-refractivity contribution in [1.29, 1.82) is 0 Å². The van der Waals surface area contributed by atoms with E-state index in [0.717, 1.165) is 42.7 Å². The largest absolute Gasteiger partial charge is 0.365 e. The van der Waals surface area contributed by atoms with Crippen molar-refractivity contribution in [3.05, 3.63) is 57.4 Å². The predicted molar refractivity (Wildman–Crippen MR) is 138 cm³/mol. The number of nitrogens with two attached hydrogens (primary N) is 1. The molecule has 38 heavy (non-hydrogen) atoms. The molecule has 1 saturated heterocycles. The number of aromatic amines is 1. The third-order valence-corrected chi connectivity index (χ3v) is 7.72. The van der Waals surface area contributed by atoms with Gasteiger partial charge in [-0.15, -0.1) is 11.3 Å². The highest BCUT2D eigenvalue weighted by Crippen LogP contribution is 2.30. The summed E-state index contributed by atoms with van der Waals surface area (Å²) in [6.07, 6.45) is 4.04. The molecule has 3 heterocycles. The highest BCUT2D eigenvalue weighted by molar-refractivity contribution is 7.13. The Bertz CT molecular complexity index is 1360. The van der Waals surface area contributed by atoms with Crippen LogP contribution in [0.4, 0.5) is 8.78 Å². The molecule has 1 aliphatic rings. The van der Waals surface area contributed by atoms with E-state index >= 15 is 0 Å². The number of amides is 3. The standard InChI is InChI=1S/C26H30F2N6O3S/c1-13-6-4-5-9-34(13)21(35)11-18(22-23(24(29)36)38-15(3)32-22)26(37)31-14(2)25-30-12-20(33-25)17-8-7-16(27)10-19(17)28/h7-8,10,12-14,18H,4-6,9,11H2,1-3H3,(H2,29,36)(H,30,33)(H,31,37)/t13-,14-,18-/m0/s1. The lowest BCUT2D eigenvalue weighted by molar-refractivity contribution is -0.137. The number of piperidine rings is 1. The highest BCUT2D eigenvalue weighted by Gasteiger charge is 2.34. The maximum absolute atomic E-state index is 14.2. The first-order valence-corrected chi connectivity index (χ1v) is 13.2. The van der Waals surface area contributed by atoms with Crippen molar-refractivity contribution < 1.29 is 23.2 Å². The van der Waals surface area contributed by atoms with E-state index in [2.05, 4.69) is 20.3 Å². The van der Waals surface area contributed by atoms with Gasteiger partial charge in [0.25, 0.3) is 5.91 Å². The zero-order valence-corrected chi connectivity index (χ0v) is 22.2. The van der Waals surface area contributed by atoms with Crippen LogP contribution in [0.15, 0.2) is 24.4 Å². The van der Waals surface area contributed by atoms with Crippen molar-refractivity contribution in [2.75, 3.05) is 6.54 Å². The number of halogens is 2. The minimum atomic E-state index is -1.05. The molecule has 0 aliphatic carbocycles. The SMILES string of the molecule is Cc1nc([C@H](CC(=O)N2CCCC[C@@H]2C)C(=O)N[C@@H](C)c2ncc(-c3ccc(F)cc3F)[nH]2)c(C(N)=O)s1. The molecule has 1 aromatic carbocycles. The smallest absolute Gasteiger partial charge is 0.260 e. The van der Waals surface area contributed by atoms with Crippen LogP contribution in [-0.4, -0.2) is 50.2 Å². The van der Waals surface area contributed by atoms with Gasteiger partial charge < -0.3 is 20.9 Å². The number of hydrogen-bond acceptors (Lipinski definition) is 6. The molecule has 202 valence electrons. The highest BCUT2D eigenvalue weighted by atomic mass is 32.1. The van der Waals surface area contributed by atoms with Crippen LogP contribution >= 0.6 is 11.3 Å². The van der Waals surface area contributed by atoms with Gasteiger partial charge in [-0.1, -0.05) is 0 Å². The summed E-state index contributed by atoms with van der Waals surface area (Å²) in [7, 11) is 0. The molecule has 0 bridgehead atoms. The summed E-state index contributed by atoms with van der Waals surface area (Å²) in [6, 6.07) is 2.60. The lowest BCUT2D eigenvalue weighted by atomic mass is 9.95. The van der Waals surface area contributed by atoms with E-state index in [9.17, 15) is 23.2 Å². The Morgan fingerprint density at radius 3 is 2.74 bits per heavy atom. The number of carbonyl (C=O) groups is 3. The molecule has 2 aromatic heterocycles. The average Bonchev–Trinajstić information content (AvgIpc) is 3.50. The van der Waals surface area contributed by atoms with Gasteiger partial charge in [-0.05, 0) is 52.2 Å². The molecular formula is C26H30F2N6O3S. The molecule has 4 rings (SSSR count). The van der Waals surface area contributed by atoms with Gasteiger partial charge >= 0.3 is 0 Å². The van der Waals surface area contributed by atoms with Gasteiger partial charge in [-0.3, -0.25) is 14.4 Å². The van der Waals surface area contributed by atoms with Crippen molar-refractivity contribution >= 4 is 29.1 Å². The van der Waals surface area contributed by atoms with Gasteiger partial charge in [-0.2, -0.15) is 0 Å². The van der Waals surface area contributed by atoms with Gasteiger partial charge in [0.15, 0.2) is 0 Å². The number of rotatable bonds is 8. The molecule has 0 saturated carbocycles. The molecular weight excluding hydrogens is 514 g/mol. The van der Waals surface area contributed by atoms with E-state index in [4.69, 9.17) is 5.73 Å². The fraction of sp³-hybridized carbons (Fsp3) is 0.423. The topological polar surface area (TPSA) is 134 Å². The van der Waals surface area contributed by atoms with E-state index in [1.54, 1.807) is 18.7 Å². The quantitative estimate of drug-likeness (QED) is 0.395. The van der Waals surface area contributed by atoms with Gasteiger partial charge in [0.2, 0.25) is 11.8 Å². The lowest BCUT2D eigenvalue weighted by Gasteiger charge is -2.34. The van der Waals surface area contributed by atoms with Crippen LogP contribution < -0.4 is 11.1 Å². The van der Waals surface area contributed by atoms with Crippen LogP contribution in [0.5, 0.6) is 0 Å². The van der Waals surface area contributed by atoms with E-state index in [1.165, 1.54) is 12.3 Å². The fourth-order valence-corrected chi connectivity index (χ4v) is 5.55. The third kappa shape index (κ3) is 5.90. The van der Waals surface area contributed by atoms with Crippen molar-refractivity contribution in [2.45, 2.75) is 64.5 Å². The van der Waals surface area contributed by atoms with Crippen LogP contribution in [0, 0.1) is 18.6 Å². The number of benzene rings is 1. The van der Waals surface area contributed by atoms with Gasteiger partial charge in [0, 0.05) is 30.6 Å². The zero-order chi connectivity index (χ0) is 27.6. The predicted octanol–water partition coefficient (Wildman–Crippen LogP) is 3.97. The number of imidazole rings is 1. The Hall–Kier alpha value is -3.67. The minimum Gasteiger partial charge on any atom is -0.365 e. The fourth-order valence-electron chi connectivity index (χ4n) is 4.71. The van der Waals surface area contributed by atoms with Crippen LogP contribution in [0.25, 0.3) is 11.3 Å². The number of carbonyl (C=O) groups excluding carboxylic acids is 3. The summed E-state index contributed by atoms with van der Waals surface area (Å²) in [6.45, 7) is 5.97. The Morgan fingerprint density at radius 2 is 2.05 bits per heavy atom.